The smallest absolute Gasteiger partial charge is 0.329 e. The van der Waals surface area contributed by atoms with Crippen LogP contribution in [0.4, 0.5) is 0 Å². The van der Waals surface area contributed by atoms with Crippen molar-refractivity contribution in [3.8, 4) is 0 Å². The van der Waals surface area contributed by atoms with E-state index in [0.29, 0.717) is 76.2 Å². The number of likely N-dealkylation sites (tertiary alicyclic amines) is 1. The number of aliphatic hydroxyl groups excluding tert-OH is 1. The van der Waals surface area contributed by atoms with Gasteiger partial charge in [0.1, 0.15) is 30.1 Å². The molecule has 368 valence electrons. The maximum absolute atomic E-state index is 14.3. The molecule has 14 heteroatoms. The maximum Gasteiger partial charge on any atom is 0.329 e. The van der Waals surface area contributed by atoms with Crippen LogP contribution in [0, 0.1) is 23.7 Å². The molecule has 65 heavy (non-hydrogen) atoms. The second-order valence-electron chi connectivity index (χ2n) is 18.7. The van der Waals surface area contributed by atoms with Crippen molar-refractivity contribution >= 4 is 29.2 Å². The van der Waals surface area contributed by atoms with Crippen molar-refractivity contribution in [2.75, 3.05) is 35.0 Å². The Morgan fingerprint density at radius 1 is 0.923 bits per heavy atom. The highest BCUT2D eigenvalue weighted by Gasteiger charge is 2.53. The summed E-state index contributed by atoms with van der Waals surface area (Å²) < 4.78 is 35.0. The Kier molecular flexibility index (Phi) is 23.6. The molecule has 1 saturated carbocycles. The van der Waals surface area contributed by atoms with E-state index in [-0.39, 0.29) is 55.0 Å². The molecule has 0 aromatic carbocycles. The molecule has 2 saturated heterocycles. The van der Waals surface area contributed by atoms with Crippen molar-refractivity contribution in [1.29, 1.82) is 0 Å². The van der Waals surface area contributed by atoms with Crippen molar-refractivity contribution in [1.82, 2.24) is 4.90 Å². The van der Waals surface area contributed by atoms with E-state index < -0.39 is 71.8 Å². The highest BCUT2D eigenvalue weighted by atomic mass is 16.6. The molecule has 13 atom stereocenters. The lowest BCUT2D eigenvalue weighted by Crippen LogP contribution is -2.60. The molecule has 2 N–H and O–H groups in total. The van der Waals surface area contributed by atoms with Gasteiger partial charge in [0.2, 0.25) is 5.79 Å². The van der Waals surface area contributed by atoms with Crippen LogP contribution in [0.25, 0.3) is 0 Å². The average molecular weight is 916 g/mol. The Labute approximate surface area is 388 Å². The Morgan fingerprint density at radius 3 is 2.26 bits per heavy atom. The number of ether oxygens (including phenoxy) is 6. The first-order valence-electron chi connectivity index (χ1n) is 23.8. The van der Waals surface area contributed by atoms with Crippen LogP contribution in [-0.4, -0.2) is 134 Å². The zero-order valence-electron chi connectivity index (χ0n) is 41.0. The Bertz CT molecular complexity index is 1670. The molecule has 0 unspecified atom stereocenters. The standard InChI is InChI=1S/C51H81NO13/c1-12-14-18-32(3)43(60-8)31-39-24-21-36(7)51(59,65-39)48(56)49(57)52-27-17-16-20-40(52)50(58)64-38(25-22-37-23-26-41(53)44(29-37)61-9)30-42(54)34(5)28-35(6)46(62-10)47(63-11)45(55)33(4)19-15-13-2/h12-14,18,28,33-34,36-41,43-44,46-47,53,59H,2,15-17,19-27,29-31H2,1,3-11H3/b14-12+,32-18+,35-28+/t33-,34-,36-,37-,38-,39+,40+,41-,43+,44-,46-,47+,51-/m1/s1. The highest BCUT2D eigenvalue weighted by Crippen LogP contribution is 2.37. The minimum atomic E-state index is -2.41. The van der Waals surface area contributed by atoms with Gasteiger partial charge in [-0.15, -0.1) is 6.58 Å². The number of hydrogen-bond acceptors (Lipinski definition) is 13. The molecule has 14 nitrogen and oxygen atoms in total. The fraction of sp³-hybridized carbons (Fsp3) is 0.745. The fourth-order valence-corrected chi connectivity index (χ4v) is 9.57. The van der Waals surface area contributed by atoms with Gasteiger partial charge in [-0.1, -0.05) is 51.2 Å². The average Bonchev–Trinajstić information content (AvgIpc) is 3.30. The van der Waals surface area contributed by atoms with Crippen LogP contribution < -0.4 is 0 Å². The van der Waals surface area contributed by atoms with Crippen LogP contribution in [0.1, 0.15) is 131 Å². The number of nitrogens with zero attached hydrogens (tertiary/aromatic N) is 1. The molecular weight excluding hydrogens is 835 g/mol. The van der Waals surface area contributed by atoms with Gasteiger partial charge in [0, 0.05) is 65.6 Å². The summed E-state index contributed by atoms with van der Waals surface area (Å²) in [5.74, 6) is -7.07. The molecule has 1 amide bonds. The Balaban J connectivity index is 1.84. The van der Waals surface area contributed by atoms with E-state index in [0.717, 1.165) is 12.0 Å². The first kappa shape index (κ1) is 56.0. The van der Waals surface area contributed by atoms with Gasteiger partial charge in [0.25, 0.3) is 11.7 Å². The molecule has 0 radical (unpaired) electrons. The number of methoxy groups -OCH3 is 4. The van der Waals surface area contributed by atoms with E-state index in [9.17, 15) is 34.2 Å². The maximum atomic E-state index is 14.3. The second kappa shape index (κ2) is 27.4. The van der Waals surface area contributed by atoms with Gasteiger partial charge in [-0.05, 0) is 115 Å². The van der Waals surface area contributed by atoms with E-state index >= 15 is 0 Å². The lowest BCUT2D eigenvalue weighted by Gasteiger charge is -2.42. The summed E-state index contributed by atoms with van der Waals surface area (Å²) in [7, 11) is 6.11. The molecule has 2 aliphatic heterocycles. The summed E-state index contributed by atoms with van der Waals surface area (Å²) in [5, 5.41) is 22.3. The molecule has 0 aromatic heterocycles. The third kappa shape index (κ3) is 15.6. The topological polar surface area (TPSA) is 184 Å². The number of esters is 1. The van der Waals surface area contributed by atoms with E-state index in [1.807, 2.05) is 39.0 Å². The van der Waals surface area contributed by atoms with Crippen molar-refractivity contribution < 1.29 is 62.6 Å². The summed E-state index contributed by atoms with van der Waals surface area (Å²) in [6.45, 7) is 14.7. The number of carbonyl (C=O) groups is 5. The number of carbonyl (C=O) groups excluding carboxylic acids is 5. The molecule has 1 aliphatic carbocycles. The highest BCUT2D eigenvalue weighted by molar-refractivity contribution is 6.39. The SMILES string of the molecule is C=CCC[C@@H](C)C(=O)[C@H](OC)[C@H](OC)/C(C)=C/[C@@H](C)C(=O)C[C@@H](CC[C@@H]1CC[C@@H](O)[C@H](OC)C1)OC(=O)[C@@H]1CCCCN1C(=O)C(=O)[C@]1(O)O[C@H](C[C@H](OC)/C(C)=C/C=C/C)CC[C@H]1C. The van der Waals surface area contributed by atoms with Crippen LogP contribution in [0.5, 0.6) is 0 Å². The number of ketones is 3. The summed E-state index contributed by atoms with van der Waals surface area (Å²) in [6, 6.07) is -1.12. The lowest BCUT2D eigenvalue weighted by molar-refractivity contribution is -0.265. The van der Waals surface area contributed by atoms with Crippen molar-refractivity contribution in [2.45, 2.75) is 186 Å². The predicted octanol–water partition coefficient (Wildman–Crippen LogP) is 6.98. The Morgan fingerprint density at radius 2 is 1.63 bits per heavy atom. The summed E-state index contributed by atoms with van der Waals surface area (Å²) >= 11 is 0. The van der Waals surface area contributed by atoms with E-state index in [1.54, 1.807) is 47.1 Å². The second-order valence-corrected chi connectivity index (χ2v) is 18.7. The monoisotopic (exact) mass is 916 g/mol. The molecule has 0 aromatic rings. The van der Waals surface area contributed by atoms with Gasteiger partial charge in [-0.25, -0.2) is 4.79 Å². The number of piperidine rings is 1. The molecule has 3 aliphatic rings. The number of hydrogen-bond donors (Lipinski definition) is 2. The van der Waals surface area contributed by atoms with Crippen LogP contribution >= 0.6 is 0 Å². The van der Waals surface area contributed by atoms with Gasteiger partial charge < -0.3 is 43.5 Å². The minimum Gasteiger partial charge on any atom is -0.460 e. The minimum absolute atomic E-state index is 0.102. The van der Waals surface area contributed by atoms with Crippen LogP contribution in [-0.2, 0) is 52.4 Å². The molecule has 2 heterocycles. The van der Waals surface area contributed by atoms with E-state index in [1.165, 1.54) is 19.1 Å². The summed E-state index contributed by atoms with van der Waals surface area (Å²) in [5.41, 5.74) is 1.59. The van der Waals surface area contributed by atoms with Crippen molar-refractivity contribution in [3.05, 3.63) is 48.1 Å². The lowest BCUT2D eigenvalue weighted by atomic mass is 9.81. The van der Waals surface area contributed by atoms with Gasteiger partial charge in [0.15, 0.2) is 5.78 Å². The zero-order valence-corrected chi connectivity index (χ0v) is 41.0. The molecule has 3 fully saturated rings. The normalized spacial score (nSPS) is 28.5. The van der Waals surface area contributed by atoms with Crippen LogP contribution in [0.2, 0.25) is 0 Å². The van der Waals surface area contributed by atoms with Gasteiger partial charge >= 0.3 is 5.97 Å². The van der Waals surface area contributed by atoms with E-state index in [2.05, 4.69) is 6.58 Å². The molecule has 3 rings (SSSR count). The summed E-state index contributed by atoms with van der Waals surface area (Å²) in [4.78, 5) is 71.2. The van der Waals surface area contributed by atoms with Gasteiger partial charge in [0.05, 0.1) is 24.4 Å². The summed E-state index contributed by atoms with van der Waals surface area (Å²) in [6.07, 6.45) is 11.7. The molecular formula is C51H81NO13. The fourth-order valence-electron chi connectivity index (χ4n) is 9.57. The number of aliphatic hydroxyl groups is 2. The van der Waals surface area contributed by atoms with Crippen molar-refractivity contribution in [2.24, 2.45) is 23.7 Å². The number of Topliss-reactive ketones (excluding diaryl/α,β-unsaturated/α-hetero) is 3. The van der Waals surface area contributed by atoms with Gasteiger partial charge in [-0.3, -0.25) is 19.2 Å². The first-order valence-corrected chi connectivity index (χ1v) is 23.8. The third-order valence-corrected chi connectivity index (χ3v) is 13.9. The molecule has 0 spiro atoms. The Hall–Kier alpha value is -3.37. The largest absolute Gasteiger partial charge is 0.460 e. The zero-order chi connectivity index (χ0) is 48.4. The van der Waals surface area contributed by atoms with Crippen molar-refractivity contribution in [3.63, 3.8) is 0 Å². The number of allylic oxidation sites excluding steroid dienone is 5. The number of amides is 1. The third-order valence-electron chi connectivity index (χ3n) is 13.9. The first-order chi connectivity index (χ1) is 30.9. The quantitative estimate of drug-likeness (QED) is 0.0393. The number of rotatable bonds is 26. The predicted molar refractivity (Wildman–Crippen MR) is 248 cm³/mol. The van der Waals surface area contributed by atoms with E-state index in [4.69, 9.17) is 28.4 Å². The van der Waals surface area contributed by atoms with Crippen LogP contribution in [0.15, 0.2) is 48.1 Å². The van der Waals surface area contributed by atoms with Crippen LogP contribution in [0.3, 0.4) is 0 Å². The van der Waals surface area contributed by atoms with Gasteiger partial charge in [-0.2, -0.15) is 0 Å². The molecule has 0 bridgehead atoms.